The van der Waals surface area contributed by atoms with Gasteiger partial charge in [-0.1, -0.05) is 133 Å². The maximum atomic E-state index is 11.2. The molecule has 0 saturated heterocycles. The summed E-state index contributed by atoms with van der Waals surface area (Å²) < 4.78 is 5.04. The molecule has 0 atom stereocenters. The van der Waals surface area contributed by atoms with Gasteiger partial charge in [-0.3, -0.25) is 0 Å². The minimum Gasteiger partial charge on any atom is -0.509 e. The van der Waals surface area contributed by atoms with E-state index >= 15 is 0 Å². The number of benzene rings is 9. The van der Waals surface area contributed by atoms with Crippen LogP contribution in [0.1, 0.15) is 0 Å². The normalized spacial score (nSPS) is 11.9. The van der Waals surface area contributed by atoms with Crippen LogP contribution in [-0.2, 0) is 0 Å². The lowest BCUT2D eigenvalue weighted by Crippen LogP contribution is -2.28. The zero-order valence-electron chi connectivity index (χ0n) is 31.8. The summed E-state index contributed by atoms with van der Waals surface area (Å²) in [5.74, 6) is 0.268. The van der Waals surface area contributed by atoms with Crippen LogP contribution >= 0.6 is 11.3 Å². The highest BCUT2D eigenvalue weighted by Gasteiger charge is 2.24. The first kappa shape index (κ1) is 33.6. The van der Waals surface area contributed by atoms with Gasteiger partial charge in [0.15, 0.2) is 0 Å². The third-order valence-corrected chi connectivity index (χ3v) is 13.3. The summed E-state index contributed by atoms with van der Waals surface area (Å²) >= 11 is 1.85. The van der Waals surface area contributed by atoms with E-state index in [1.807, 2.05) is 27.0 Å². The van der Waals surface area contributed by atoms with Crippen LogP contribution in [-0.4, -0.2) is 38.3 Å². The second-order valence-electron chi connectivity index (χ2n) is 15.2. The molecule has 2 aromatic heterocycles. The SMILES string of the molecule is Bc1c(O)c(B)c(-c2c3ccccc3c(-c3ccc(-c4ccc5sc6ccccc6c5c4-n4c5ccccc5c5ccccc54)cc3)c3ccccc23)c(B)c1O. The van der Waals surface area contributed by atoms with Gasteiger partial charge in [0, 0.05) is 36.5 Å². The predicted molar refractivity (Wildman–Crippen MR) is 253 cm³/mol. The lowest BCUT2D eigenvalue weighted by atomic mass is 9.70. The minimum atomic E-state index is 0.134. The molecule has 0 aliphatic carbocycles. The Bertz CT molecular complexity index is 3340. The Morgan fingerprint density at radius 3 is 1.40 bits per heavy atom. The van der Waals surface area contributed by atoms with Crippen LogP contribution in [0.5, 0.6) is 11.5 Å². The fourth-order valence-corrected chi connectivity index (χ4v) is 10.6. The van der Waals surface area contributed by atoms with Gasteiger partial charge in [0.2, 0.25) is 0 Å². The molecule has 7 heteroatoms. The smallest absolute Gasteiger partial charge is 0.149 e. The number of para-hydroxylation sites is 2. The second kappa shape index (κ2) is 12.7. The molecule has 3 nitrogen and oxygen atoms in total. The van der Waals surface area contributed by atoms with Crippen molar-refractivity contribution in [2.75, 3.05) is 0 Å². The molecule has 2 heterocycles. The standard InChI is InChI=1S/C50H34B3NO2S/c51-45-44(46(52)50(56)47(53)49(45)55)42-34-15-3-1-13-32(34)41(33-14-2-4-16-35(33)42)28-23-21-27(22-24-28)29-25-26-40-43(36-17-7-10-20-39(36)57-40)48(29)54-37-18-8-5-11-30(37)31-12-6-9-19-38(31)54/h1-26,55-56H,51-53H2. The van der Waals surface area contributed by atoms with E-state index in [4.69, 9.17) is 0 Å². The molecular weight excluding hydrogens is 711 g/mol. The van der Waals surface area contributed by atoms with E-state index < -0.39 is 0 Å². The van der Waals surface area contributed by atoms with Crippen molar-refractivity contribution >= 4 is 115 Å². The zero-order chi connectivity index (χ0) is 38.5. The highest BCUT2D eigenvalue weighted by Crippen LogP contribution is 2.47. The maximum Gasteiger partial charge on any atom is 0.149 e. The van der Waals surface area contributed by atoms with Gasteiger partial charge in [-0.2, -0.15) is 0 Å². The lowest BCUT2D eigenvalue weighted by molar-refractivity contribution is 0.464. The van der Waals surface area contributed by atoms with Crippen LogP contribution in [0.15, 0.2) is 158 Å². The average molecular weight is 745 g/mol. The molecule has 0 saturated carbocycles. The van der Waals surface area contributed by atoms with E-state index in [-0.39, 0.29) is 11.5 Å². The Balaban J connectivity index is 1.17. The molecule has 11 aromatic rings. The third kappa shape index (κ3) is 4.82. The summed E-state index contributed by atoms with van der Waals surface area (Å²) in [6.07, 6.45) is 0. The van der Waals surface area contributed by atoms with Gasteiger partial charge in [0.25, 0.3) is 0 Å². The number of rotatable bonds is 4. The van der Waals surface area contributed by atoms with E-state index in [9.17, 15) is 10.2 Å². The first-order valence-corrected chi connectivity index (χ1v) is 20.2. The van der Waals surface area contributed by atoms with Crippen molar-refractivity contribution in [1.82, 2.24) is 4.57 Å². The van der Waals surface area contributed by atoms with Crippen molar-refractivity contribution in [1.29, 1.82) is 0 Å². The summed E-state index contributed by atoms with van der Waals surface area (Å²) in [6.45, 7) is 0. The fraction of sp³-hybridized carbons (Fsp3) is 0. The predicted octanol–water partition coefficient (Wildman–Crippen LogP) is 8.65. The molecule has 0 amide bonds. The molecule has 0 aliphatic heterocycles. The molecule has 0 fully saturated rings. The topological polar surface area (TPSA) is 45.4 Å². The minimum absolute atomic E-state index is 0.134. The summed E-state index contributed by atoms with van der Waals surface area (Å²) in [5.41, 5.74) is 12.1. The number of phenols is 2. The van der Waals surface area contributed by atoms with Gasteiger partial charge < -0.3 is 14.8 Å². The molecule has 0 radical (unpaired) electrons. The largest absolute Gasteiger partial charge is 0.509 e. The van der Waals surface area contributed by atoms with Crippen LogP contribution < -0.4 is 16.4 Å². The molecule has 0 aliphatic rings. The Hall–Kier alpha value is -6.69. The first-order chi connectivity index (χ1) is 27.9. The van der Waals surface area contributed by atoms with E-state index in [0.717, 1.165) is 60.3 Å². The van der Waals surface area contributed by atoms with Gasteiger partial charge in [-0.05, 0) is 90.0 Å². The molecule has 0 unspecified atom stereocenters. The van der Waals surface area contributed by atoms with Crippen molar-refractivity contribution < 1.29 is 10.2 Å². The number of hydrogen-bond acceptors (Lipinski definition) is 3. The van der Waals surface area contributed by atoms with E-state index in [1.54, 1.807) is 7.85 Å². The first-order valence-electron chi connectivity index (χ1n) is 19.4. The number of fused-ring (bicyclic) bond motifs is 8. The Morgan fingerprint density at radius 2 is 0.842 bits per heavy atom. The van der Waals surface area contributed by atoms with E-state index in [0.29, 0.717) is 5.46 Å². The number of aromatic nitrogens is 1. The van der Waals surface area contributed by atoms with Crippen molar-refractivity contribution in [2.24, 2.45) is 0 Å². The van der Waals surface area contributed by atoms with Gasteiger partial charge in [0.1, 0.15) is 35.0 Å². The van der Waals surface area contributed by atoms with Crippen molar-refractivity contribution in [3.8, 4) is 50.6 Å². The van der Waals surface area contributed by atoms with Crippen molar-refractivity contribution in [3.05, 3.63) is 158 Å². The summed E-state index contributed by atoms with van der Waals surface area (Å²) in [7, 11) is 5.66. The molecule has 0 bridgehead atoms. The van der Waals surface area contributed by atoms with E-state index in [1.165, 1.54) is 53.2 Å². The molecular formula is C50H34B3NO2S. The average Bonchev–Trinajstić information content (AvgIpc) is 3.81. The highest BCUT2D eigenvalue weighted by molar-refractivity contribution is 7.25. The molecule has 0 spiro atoms. The number of hydrogen-bond donors (Lipinski definition) is 2. The lowest BCUT2D eigenvalue weighted by Gasteiger charge is -2.22. The van der Waals surface area contributed by atoms with Gasteiger partial charge in [-0.25, -0.2) is 0 Å². The maximum absolute atomic E-state index is 11.2. The summed E-state index contributed by atoms with van der Waals surface area (Å²) in [4.78, 5) is 0. The quantitative estimate of drug-likeness (QED) is 0.140. The van der Waals surface area contributed by atoms with Crippen LogP contribution in [0, 0.1) is 0 Å². The Morgan fingerprint density at radius 1 is 0.386 bits per heavy atom. The van der Waals surface area contributed by atoms with Crippen molar-refractivity contribution in [3.63, 3.8) is 0 Å². The van der Waals surface area contributed by atoms with E-state index in [2.05, 4.69) is 162 Å². The Kier molecular flexibility index (Phi) is 7.48. The summed E-state index contributed by atoms with van der Waals surface area (Å²) in [6, 6.07) is 57.1. The summed E-state index contributed by atoms with van der Waals surface area (Å²) in [5, 5.41) is 31.8. The molecule has 57 heavy (non-hydrogen) atoms. The monoisotopic (exact) mass is 745 g/mol. The zero-order valence-corrected chi connectivity index (χ0v) is 32.6. The number of aromatic hydroxyl groups is 2. The highest BCUT2D eigenvalue weighted by atomic mass is 32.1. The molecule has 2 N–H and O–H groups in total. The van der Waals surface area contributed by atoms with Crippen LogP contribution in [0.2, 0.25) is 0 Å². The molecule has 266 valence electrons. The van der Waals surface area contributed by atoms with Crippen molar-refractivity contribution in [2.45, 2.75) is 0 Å². The second-order valence-corrected chi connectivity index (χ2v) is 16.3. The van der Waals surface area contributed by atoms with Gasteiger partial charge in [0.05, 0.1) is 16.7 Å². The number of thiophene rings is 1. The van der Waals surface area contributed by atoms with Crippen LogP contribution in [0.3, 0.4) is 0 Å². The van der Waals surface area contributed by atoms with Crippen LogP contribution in [0.4, 0.5) is 0 Å². The van der Waals surface area contributed by atoms with Gasteiger partial charge >= 0.3 is 0 Å². The molecule has 11 rings (SSSR count). The van der Waals surface area contributed by atoms with Crippen LogP contribution in [0.25, 0.3) is 103 Å². The fourth-order valence-electron chi connectivity index (χ4n) is 9.52. The van der Waals surface area contributed by atoms with Gasteiger partial charge in [-0.15, -0.1) is 11.3 Å². The molecule has 9 aromatic carbocycles. The third-order valence-electron chi connectivity index (χ3n) is 12.2. The number of phenolic OH excluding ortho intramolecular Hbond substituents is 2. The Labute approximate surface area is 336 Å². The number of nitrogens with zero attached hydrogens (tertiary/aromatic N) is 1.